The molecule has 1 aromatic carbocycles. The minimum absolute atomic E-state index is 0.0780. The van der Waals surface area contributed by atoms with Crippen molar-refractivity contribution in [2.75, 3.05) is 14.2 Å². The Bertz CT molecular complexity index is 672. The van der Waals surface area contributed by atoms with Gasteiger partial charge in [0, 0.05) is 5.56 Å². The van der Waals surface area contributed by atoms with Gasteiger partial charge in [0.05, 0.1) is 24.4 Å². The van der Waals surface area contributed by atoms with Crippen LogP contribution < -0.4 is 9.47 Å². The predicted molar refractivity (Wildman–Crippen MR) is 71.7 cm³/mol. The molecule has 0 saturated carbocycles. The van der Waals surface area contributed by atoms with Crippen LogP contribution in [0, 0.1) is 5.82 Å². The second-order valence-electron chi connectivity index (χ2n) is 3.76. The lowest BCUT2D eigenvalue weighted by Crippen LogP contribution is -1.96. The highest BCUT2D eigenvalue weighted by molar-refractivity contribution is 9.10. The molecular weight excluding hydrogens is 335 g/mol. The number of carbonyl (C=O) groups is 1. The molecule has 6 nitrogen and oxygen atoms in total. The number of carboxylic acid groups (broad SMARTS) is 1. The first-order valence-electron chi connectivity index (χ1n) is 5.38. The zero-order valence-electron chi connectivity index (χ0n) is 10.5. The van der Waals surface area contributed by atoms with Crippen LogP contribution in [0.2, 0.25) is 0 Å². The standard InChI is InChI=1S/C12H10BrFN2O4/c1-19-8-3-5(10(14)9(13)11(8)20-2)6-4-7(12(17)18)16-15-6/h3-4H,1-2H3,(H,15,16)(H,17,18). The SMILES string of the molecule is COc1cc(-c2cc(C(=O)O)[nH]n2)c(F)c(Br)c1OC. The number of benzene rings is 1. The molecule has 0 aliphatic carbocycles. The second kappa shape index (κ2) is 5.49. The molecule has 0 amide bonds. The van der Waals surface area contributed by atoms with E-state index in [-0.39, 0.29) is 27.2 Å². The van der Waals surface area contributed by atoms with E-state index in [1.807, 2.05) is 0 Å². The first-order valence-corrected chi connectivity index (χ1v) is 6.18. The minimum atomic E-state index is -1.18. The molecule has 0 saturated heterocycles. The number of methoxy groups -OCH3 is 2. The number of hydrogen-bond acceptors (Lipinski definition) is 4. The van der Waals surface area contributed by atoms with Gasteiger partial charge in [0.25, 0.3) is 0 Å². The molecule has 106 valence electrons. The van der Waals surface area contributed by atoms with Crippen molar-refractivity contribution >= 4 is 21.9 Å². The van der Waals surface area contributed by atoms with E-state index < -0.39 is 11.8 Å². The van der Waals surface area contributed by atoms with Crippen molar-refractivity contribution < 1.29 is 23.8 Å². The van der Waals surface area contributed by atoms with Crippen LogP contribution in [-0.2, 0) is 0 Å². The number of carboxylic acids is 1. The van der Waals surface area contributed by atoms with Crippen LogP contribution in [0.1, 0.15) is 10.5 Å². The van der Waals surface area contributed by atoms with E-state index in [9.17, 15) is 9.18 Å². The van der Waals surface area contributed by atoms with Crippen molar-refractivity contribution in [3.8, 4) is 22.8 Å². The van der Waals surface area contributed by atoms with Gasteiger partial charge in [-0.05, 0) is 28.1 Å². The van der Waals surface area contributed by atoms with Crippen molar-refractivity contribution in [3.05, 3.63) is 28.1 Å². The number of aromatic nitrogens is 2. The molecule has 1 aromatic heterocycles. The monoisotopic (exact) mass is 344 g/mol. The summed E-state index contributed by atoms with van der Waals surface area (Å²) in [4.78, 5) is 10.8. The van der Waals surface area contributed by atoms with Gasteiger partial charge < -0.3 is 14.6 Å². The van der Waals surface area contributed by atoms with Gasteiger partial charge in [-0.1, -0.05) is 0 Å². The molecule has 0 radical (unpaired) electrons. The summed E-state index contributed by atoms with van der Waals surface area (Å²) in [6, 6.07) is 2.62. The summed E-state index contributed by atoms with van der Waals surface area (Å²) >= 11 is 3.08. The average Bonchev–Trinajstić information content (AvgIpc) is 2.91. The Kier molecular flexibility index (Phi) is 3.93. The Morgan fingerprint density at radius 1 is 1.40 bits per heavy atom. The van der Waals surface area contributed by atoms with Crippen LogP contribution in [0.5, 0.6) is 11.5 Å². The molecule has 2 N–H and O–H groups in total. The summed E-state index contributed by atoms with van der Waals surface area (Å²) in [6.07, 6.45) is 0. The number of rotatable bonds is 4. The third-order valence-electron chi connectivity index (χ3n) is 2.64. The molecule has 2 aromatic rings. The van der Waals surface area contributed by atoms with E-state index >= 15 is 0 Å². The molecule has 0 unspecified atom stereocenters. The largest absolute Gasteiger partial charge is 0.493 e. The van der Waals surface area contributed by atoms with E-state index in [0.717, 1.165) is 0 Å². The molecule has 8 heteroatoms. The molecule has 20 heavy (non-hydrogen) atoms. The molecule has 0 atom stereocenters. The summed E-state index contributed by atoms with van der Waals surface area (Å²) in [5, 5.41) is 14.9. The van der Waals surface area contributed by atoms with Crippen molar-refractivity contribution in [1.29, 1.82) is 0 Å². The van der Waals surface area contributed by atoms with Crippen LogP contribution in [0.25, 0.3) is 11.3 Å². The highest BCUT2D eigenvalue weighted by atomic mass is 79.9. The normalized spacial score (nSPS) is 10.4. The van der Waals surface area contributed by atoms with Gasteiger partial charge in [-0.2, -0.15) is 5.10 Å². The van der Waals surface area contributed by atoms with Crippen LogP contribution >= 0.6 is 15.9 Å². The fourth-order valence-corrected chi connectivity index (χ4v) is 2.25. The fourth-order valence-electron chi connectivity index (χ4n) is 1.68. The fraction of sp³-hybridized carbons (Fsp3) is 0.167. The van der Waals surface area contributed by atoms with Gasteiger partial charge in [-0.25, -0.2) is 9.18 Å². The number of hydrogen-bond donors (Lipinski definition) is 2. The molecule has 0 spiro atoms. The van der Waals surface area contributed by atoms with Gasteiger partial charge in [0.15, 0.2) is 17.3 Å². The van der Waals surface area contributed by atoms with Gasteiger partial charge in [0.2, 0.25) is 0 Å². The van der Waals surface area contributed by atoms with Crippen molar-refractivity contribution in [2.45, 2.75) is 0 Å². The lowest BCUT2D eigenvalue weighted by molar-refractivity contribution is 0.0690. The topological polar surface area (TPSA) is 84.4 Å². The lowest BCUT2D eigenvalue weighted by atomic mass is 10.1. The summed E-state index contributed by atoms with van der Waals surface area (Å²) in [6.45, 7) is 0. The Labute approximate surface area is 121 Å². The van der Waals surface area contributed by atoms with E-state index in [4.69, 9.17) is 14.6 Å². The molecule has 0 fully saturated rings. The van der Waals surface area contributed by atoms with Crippen molar-refractivity contribution in [2.24, 2.45) is 0 Å². The number of aromatic carboxylic acids is 1. The number of halogens is 2. The smallest absolute Gasteiger partial charge is 0.353 e. The zero-order chi connectivity index (χ0) is 14.9. The Morgan fingerprint density at radius 3 is 2.60 bits per heavy atom. The number of nitrogens with one attached hydrogen (secondary N) is 1. The van der Waals surface area contributed by atoms with Gasteiger partial charge in [-0.3, -0.25) is 5.10 Å². The molecule has 0 bridgehead atoms. The van der Waals surface area contributed by atoms with Crippen LogP contribution in [0.15, 0.2) is 16.6 Å². The second-order valence-corrected chi connectivity index (χ2v) is 4.55. The highest BCUT2D eigenvalue weighted by Crippen LogP contribution is 2.41. The minimum Gasteiger partial charge on any atom is -0.493 e. The molecular formula is C12H10BrFN2O4. The van der Waals surface area contributed by atoms with E-state index in [0.29, 0.717) is 5.75 Å². The van der Waals surface area contributed by atoms with Crippen LogP contribution in [-0.4, -0.2) is 35.5 Å². The van der Waals surface area contributed by atoms with Crippen LogP contribution in [0.4, 0.5) is 4.39 Å². The molecule has 0 aliphatic rings. The number of aromatic amines is 1. The third kappa shape index (κ3) is 2.34. The van der Waals surface area contributed by atoms with Gasteiger partial charge in [-0.15, -0.1) is 0 Å². The number of H-pyrrole nitrogens is 1. The summed E-state index contributed by atoms with van der Waals surface area (Å²) in [5.41, 5.74) is 0.116. The molecule has 0 aliphatic heterocycles. The summed E-state index contributed by atoms with van der Waals surface area (Å²) in [7, 11) is 2.80. The quantitative estimate of drug-likeness (QED) is 0.890. The summed E-state index contributed by atoms with van der Waals surface area (Å²) < 4.78 is 24.5. The van der Waals surface area contributed by atoms with Crippen molar-refractivity contribution in [3.63, 3.8) is 0 Å². The molecule has 1 heterocycles. The van der Waals surface area contributed by atoms with Gasteiger partial charge in [0.1, 0.15) is 5.69 Å². The Morgan fingerprint density at radius 2 is 2.10 bits per heavy atom. The first kappa shape index (κ1) is 14.3. The van der Waals surface area contributed by atoms with Gasteiger partial charge >= 0.3 is 5.97 Å². The average molecular weight is 345 g/mol. The van der Waals surface area contributed by atoms with Crippen LogP contribution in [0.3, 0.4) is 0 Å². The third-order valence-corrected chi connectivity index (χ3v) is 3.34. The Balaban J connectivity index is 2.61. The maximum Gasteiger partial charge on any atom is 0.353 e. The van der Waals surface area contributed by atoms with E-state index in [2.05, 4.69) is 26.1 Å². The van der Waals surface area contributed by atoms with E-state index in [1.165, 1.54) is 26.4 Å². The number of nitrogens with zero attached hydrogens (tertiary/aromatic N) is 1. The maximum atomic E-state index is 14.3. The lowest BCUT2D eigenvalue weighted by Gasteiger charge is -2.12. The molecule has 2 rings (SSSR count). The summed E-state index contributed by atoms with van der Waals surface area (Å²) in [5.74, 6) is -1.28. The first-order chi connectivity index (χ1) is 9.49. The Hall–Kier alpha value is -2.09. The highest BCUT2D eigenvalue weighted by Gasteiger charge is 2.21. The maximum absolute atomic E-state index is 14.3. The number of ether oxygens (including phenoxy) is 2. The van der Waals surface area contributed by atoms with Crippen molar-refractivity contribution in [1.82, 2.24) is 10.2 Å². The van der Waals surface area contributed by atoms with E-state index in [1.54, 1.807) is 0 Å². The predicted octanol–water partition coefficient (Wildman–Crippen LogP) is 2.69. The zero-order valence-corrected chi connectivity index (χ0v) is 12.1.